The third-order valence-corrected chi connectivity index (χ3v) is 3.65. The van der Waals surface area contributed by atoms with Crippen molar-refractivity contribution in [3.63, 3.8) is 0 Å². The molecule has 0 amide bonds. The molecular weight excluding hydrogens is 214 g/mol. The van der Waals surface area contributed by atoms with Crippen molar-refractivity contribution in [1.29, 1.82) is 0 Å². The maximum atomic E-state index is 10.6. The molecule has 2 rings (SSSR count). The number of carbonyl (C=O) groups is 1. The van der Waals surface area contributed by atoms with Gasteiger partial charge in [0.15, 0.2) is 6.29 Å². The van der Waals surface area contributed by atoms with Crippen LogP contribution in [0.15, 0.2) is 12.4 Å². The van der Waals surface area contributed by atoms with Gasteiger partial charge in [-0.3, -0.25) is 4.79 Å². The van der Waals surface area contributed by atoms with E-state index in [2.05, 4.69) is 35.6 Å². The van der Waals surface area contributed by atoms with Gasteiger partial charge < -0.3 is 4.90 Å². The molecular formula is C13H19N3O. The second-order valence-electron chi connectivity index (χ2n) is 5.15. The molecule has 2 heterocycles. The molecule has 4 heteroatoms. The molecule has 1 saturated heterocycles. The summed E-state index contributed by atoms with van der Waals surface area (Å²) < 4.78 is 0. The Morgan fingerprint density at radius 3 is 2.53 bits per heavy atom. The Hall–Kier alpha value is -1.45. The number of rotatable bonds is 2. The van der Waals surface area contributed by atoms with Crippen LogP contribution in [0.1, 0.15) is 37.6 Å². The molecule has 1 fully saturated rings. The van der Waals surface area contributed by atoms with E-state index in [4.69, 9.17) is 0 Å². The SMILES string of the molecule is CC1CC(C)C(C)N(c2ncc(C=O)cn2)C1. The highest BCUT2D eigenvalue weighted by molar-refractivity contribution is 5.73. The van der Waals surface area contributed by atoms with Gasteiger partial charge in [-0.05, 0) is 25.2 Å². The minimum atomic E-state index is 0.452. The molecule has 0 saturated carbocycles. The van der Waals surface area contributed by atoms with E-state index in [-0.39, 0.29) is 0 Å². The Labute approximate surface area is 102 Å². The number of carbonyl (C=O) groups excluding carboxylic acids is 1. The monoisotopic (exact) mass is 233 g/mol. The molecule has 1 aliphatic heterocycles. The van der Waals surface area contributed by atoms with Gasteiger partial charge in [0.05, 0.1) is 5.56 Å². The third kappa shape index (κ3) is 2.46. The van der Waals surface area contributed by atoms with Crippen LogP contribution in [0.25, 0.3) is 0 Å². The standard InChI is InChI=1S/C13H19N3O/c1-9-4-10(2)11(3)16(7-9)13-14-5-12(8-17)6-15-13/h5-6,8-11H,4,7H2,1-3H3. The minimum absolute atomic E-state index is 0.452. The lowest BCUT2D eigenvalue weighted by Crippen LogP contribution is -2.46. The van der Waals surface area contributed by atoms with Crippen LogP contribution in [-0.4, -0.2) is 28.8 Å². The number of hydrogen-bond donors (Lipinski definition) is 0. The molecule has 0 aromatic carbocycles. The molecule has 92 valence electrons. The second-order valence-corrected chi connectivity index (χ2v) is 5.15. The van der Waals surface area contributed by atoms with Crippen LogP contribution in [0.4, 0.5) is 5.95 Å². The van der Waals surface area contributed by atoms with E-state index in [1.165, 1.54) is 6.42 Å². The summed E-state index contributed by atoms with van der Waals surface area (Å²) in [5, 5.41) is 0. The predicted octanol–water partition coefficient (Wildman–Crippen LogP) is 2.16. The van der Waals surface area contributed by atoms with Crippen molar-refractivity contribution in [3.8, 4) is 0 Å². The molecule has 4 nitrogen and oxygen atoms in total. The lowest BCUT2D eigenvalue weighted by Gasteiger charge is -2.41. The summed E-state index contributed by atoms with van der Waals surface area (Å²) in [6.45, 7) is 7.74. The summed E-state index contributed by atoms with van der Waals surface area (Å²) >= 11 is 0. The molecule has 1 aliphatic rings. The Morgan fingerprint density at radius 1 is 1.29 bits per heavy atom. The van der Waals surface area contributed by atoms with Gasteiger partial charge in [0, 0.05) is 25.0 Å². The van der Waals surface area contributed by atoms with Gasteiger partial charge in [0.1, 0.15) is 0 Å². The number of anilines is 1. The summed E-state index contributed by atoms with van der Waals surface area (Å²) in [6.07, 6.45) is 5.21. The van der Waals surface area contributed by atoms with Gasteiger partial charge >= 0.3 is 0 Å². The largest absolute Gasteiger partial charge is 0.338 e. The van der Waals surface area contributed by atoms with Crippen molar-refractivity contribution in [3.05, 3.63) is 18.0 Å². The summed E-state index contributed by atoms with van der Waals surface area (Å²) in [6, 6.07) is 0.452. The van der Waals surface area contributed by atoms with Crippen LogP contribution < -0.4 is 4.90 Å². The first-order valence-electron chi connectivity index (χ1n) is 6.15. The number of nitrogens with zero attached hydrogens (tertiary/aromatic N) is 3. The summed E-state index contributed by atoms with van der Waals surface area (Å²) in [7, 11) is 0. The number of aromatic nitrogens is 2. The van der Waals surface area contributed by atoms with Gasteiger partial charge in [-0.2, -0.15) is 0 Å². The number of piperidine rings is 1. The summed E-state index contributed by atoms with van der Waals surface area (Å²) in [4.78, 5) is 21.4. The summed E-state index contributed by atoms with van der Waals surface area (Å²) in [5.41, 5.74) is 0.527. The second kappa shape index (κ2) is 4.82. The first-order valence-corrected chi connectivity index (χ1v) is 6.15. The van der Waals surface area contributed by atoms with Crippen molar-refractivity contribution in [1.82, 2.24) is 9.97 Å². The average molecular weight is 233 g/mol. The molecule has 0 radical (unpaired) electrons. The van der Waals surface area contributed by atoms with Crippen LogP contribution in [0.2, 0.25) is 0 Å². The van der Waals surface area contributed by atoms with Crippen molar-refractivity contribution in [2.24, 2.45) is 11.8 Å². The van der Waals surface area contributed by atoms with Gasteiger partial charge in [-0.1, -0.05) is 13.8 Å². The van der Waals surface area contributed by atoms with Gasteiger partial charge in [0.25, 0.3) is 0 Å². The fraction of sp³-hybridized carbons (Fsp3) is 0.615. The maximum Gasteiger partial charge on any atom is 0.225 e. The molecule has 0 bridgehead atoms. The fourth-order valence-electron chi connectivity index (χ4n) is 2.52. The normalized spacial score (nSPS) is 29.1. The first-order chi connectivity index (χ1) is 8.11. The van der Waals surface area contributed by atoms with E-state index < -0.39 is 0 Å². The third-order valence-electron chi connectivity index (χ3n) is 3.65. The lowest BCUT2D eigenvalue weighted by atomic mass is 9.86. The number of hydrogen-bond acceptors (Lipinski definition) is 4. The Morgan fingerprint density at radius 2 is 1.94 bits per heavy atom. The highest BCUT2D eigenvalue weighted by atomic mass is 16.1. The van der Waals surface area contributed by atoms with E-state index in [0.29, 0.717) is 23.4 Å². The van der Waals surface area contributed by atoms with Gasteiger partial charge in [-0.25, -0.2) is 9.97 Å². The van der Waals surface area contributed by atoms with Gasteiger partial charge in [-0.15, -0.1) is 0 Å². The number of aldehydes is 1. The van der Waals surface area contributed by atoms with Crippen molar-refractivity contribution < 1.29 is 4.79 Å². The van der Waals surface area contributed by atoms with Crippen molar-refractivity contribution in [2.75, 3.05) is 11.4 Å². The molecule has 0 aliphatic carbocycles. The smallest absolute Gasteiger partial charge is 0.225 e. The minimum Gasteiger partial charge on any atom is -0.338 e. The zero-order valence-electron chi connectivity index (χ0n) is 10.6. The zero-order valence-corrected chi connectivity index (χ0v) is 10.6. The molecule has 17 heavy (non-hydrogen) atoms. The quantitative estimate of drug-likeness (QED) is 0.734. The fourth-order valence-corrected chi connectivity index (χ4v) is 2.52. The Bertz CT molecular complexity index is 390. The van der Waals surface area contributed by atoms with Gasteiger partial charge in [0.2, 0.25) is 5.95 Å². The van der Waals surface area contributed by atoms with Crippen molar-refractivity contribution >= 4 is 12.2 Å². The topological polar surface area (TPSA) is 46.1 Å². The predicted molar refractivity (Wildman–Crippen MR) is 67.2 cm³/mol. The van der Waals surface area contributed by atoms with E-state index in [0.717, 1.165) is 18.8 Å². The molecule has 3 atom stereocenters. The molecule has 1 aromatic heterocycles. The maximum absolute atomic E-state index is 10.6. The average Bonchev–Trinajstić information content (AvgIpc) is 2.34. The van der Waals surface area contributed by atoms with Crippen LogP contribution in [0.5, 0.6) is 0 Å². The van der Waals surface area contributed by atoms with E-state index >= 15 is 0 Å². The van der Waals surface area contributed by atoms with Crippen LogP contribution in [0, 0.1) is 11.8 Å². The van der Waals surface area contributed by atoms with E-state index in [1.54, 1.807) is 12.4 Å². The Kier molecular flexibility index (Phi) is 3.41. The first kappa shape index (κ1) is 12.0. The highest BCUT2D eigenvalue weighted by Gasteiger charge is 2.30. The van der Waals surface area contributed by atoms with Crippen LogP contribution in [-0.2, 0) is 0 Å². The van der Waals surface area contributed by atoms with Crippen LogP contribution in [0.3, 0.4) is 0 Å². The molecule has 3 unspecified atom stereocenters. The Balaban J connectivity index is 2.21. The molecule has 0 spiro atoms. The molecule has 0 N–H and O–H groups in total. The lowest BCUT2D eigenvalue weighted by molar-refractivity contribution is 0.112. The zero-order chi connectivity index (χ0) is 12.4. The van der Waals surface area contributed by atoms with E-state index in [1.807, 2.05) is 0 Å². The van der Waals surface area contributed by atoms with Crippen molar-refractivity contribution in [2.45, 2.75) is 33.2 Å². The van der Waals surface area contributed by atoms with E-state index in [9.17, 15) is 4.79 Å². The highest BCUT2D eigenvalue weighted by Crippen LogP contribution is 2.29. The summed E-state index contributed by atoms with van der Waals surface area (Å²) in [5.74, 6) is 2.05. The molecule has 1 aromatic rings. The van der Waals surface area contributed by atoms with Crippen LogP contribution >= 0.6 is 0 Å².